The van der Waals surface area contributed by atoms with Gasteiger partial charge >= 0.3 is 0 Å². The maximum Gasteiger partial charge on any atom is 0.162 e. The third-order valence-corrected chi connectivity index (χ3v) is 8.54. The number of rotatable bonds is 11. The maximum atomic E-state index is 9.95. The highest BCUT2D eigenvalue weighted by molar-refractivity contribution is 5.64. The van der Waals surface area contributed by atoms with Crippen LogP contribution in [0.4, 0.5) is 5.69 Å². The van der Waals surface area contributed by atoms with Gasteiger partial charge in [0.25, 0.3) is 0 Å². The predicted molar refractivity (Wildman–Crippen MR) is 161 cm³/mol. The number of ether oxygens (including phenoxy) is 3. The molecule has 1 fully saturated rings. The highest BCUT2D eigenvalue weighted by Gasteiger charge is 2.26. The van der Waals surface area contributed by atoms with E-state index in [4.69, 9.17) is 14.2 Å². The minimum atomic E-state index is 0.347. The Kier molecular flexibility index (Phi) is 9.38. The lowest BCUT2D eigenvalue weighted by Gasteiger charge is -2.32. The van der Waals surface area contributed by atoms with E-state index in [1.165, 1.54) is 60.3 Å². The third-order valence-electron chi connectivity index (χ3n) is 8.54. The van der Waals surface area contributed by atoms with Crippen molar-refractivity contribution in [3.05, 3.63) is 76.9 Å². The molecule has 6 nitrogen and oxygen atoms in total. The summed E-state index contributed by atoms with van der Waals surface area (Å²) < 4.78 is 17.5. The lowest BCUT2D eigenvalue weighted by atomic mass is 9.79. The molecular formula is C34H44N2O4. The molecule has 1 aliphatic carbocycles. The van der Waals surface area contributed by atoms with Crippen LogP contribution in [0.5, 0.6) is 23.0 Å². The predicted octanol–water partition coefficient (Wildman–Crippen LogP) is 6.57. The molecule has 0 bridgehead atoms. The van der Waals surface area contributed by atoms with Crippen molar-refractivity contribution in [2.75, 3.05) is 51.9 Å². The fourth-order valence-electron chi connectivity index (χ4n) is 6.25. The van der Waals surface area contributed by atoms with Gasteiger partial charge < -0.3 is 24.2 Å². The Balaban J connectivity index is 1.32. The number of aryl methyl sites for hydroxylation is 1. The zero-order chi connectivity index (χ0) is 27.9. The standard InChI is InChI=1S/C34H44N2O4/c1-4-36(24-25-8-14-30(15-9-25)40-19-18-35-16-6-5-7-17-35)32-23-34(39-3)33(38-2)22-31(32)28-11-10-27-21-29(37)13-12-26(27)20-28/h8-9,12-15,21-23,28,37H,4-7,10-11,16-20,24H2,1-3H3. The summed E-state index contributed by atoms with van der Waals surface area (Å²) in [4.78, 5) is 4.93. The van der Waals surface area contributed by atoms with Gasteiger partial charge in [-0.2, -0.15) is 0 Å². The number of aromatic hydroxyl groups is 1. The maximum absolute atomic E-state index is 9.95. The molecule has 1 saturated heterocycles. The normalized spacial score (nSPS) is 17.2. The van der Waals surface area contributed by atoms with Gasteiger partial charge in [-0.25, -0.2) is 0 Å². The topological polar surface area (TPSA) is 54.4 Å². The van der Waals surface area contributed by atoms with Crippen LogP contribution in [0.25, 0.3) is 0 Å². The van der Waals surface area contributed by atoms with Crippen LogP contribution in [0.3, 0.4) is 0 Å². The SMILES string of the molecule is CCN(Cc1ccc(OCCN2CCCCC2)cc1)c1cc(OC)c(OC)cc1C1CCc2cc(O)ccc2C1. The molecule has 6 heteroatoms. The average molecular weight is 545 g/mol. The number of nitrogens with zero attached hydrogens (tertiary/aromatic N) is 2. The Bertz CT molecular complexity index is 1250. The van der Waals surface area contributed by atoms with Gasteiger partial charge in [-0.3, -0.25) is 4.90 Å². The second-order valence-electron chi connectivity index (χ2n) is 11.1. The van der Waals surface area contributed by atoms with Gasteiger partial charge in [-0.15, -0.1) is 0 Å². The second-order valence-corrected chi connectivity index (χ2v) is 11.1. The highest BCUT2D eigenvalue weighted by Crippen LogP contribution is 2.43. The Hall–Kier alpha value is -3.38. The van der Waals surface area contributed by atoms with Gasteiger partial charge in [0, 0.05) is 31.4 Å². The molecule has 3 aromatic carbocycles. The minimum Gasteiger partial charge on any atom is -0.508 e. The lowest BCUT2D eigenvalue weighted by Crippen LogP contribution is -2.33. The lowest BCUT2D eigenvalue weighted by molar-refractivity contribution is 0.183. The summed E-state index contributed by atoms with van der Waals surface area (Å²) in [5.41, 5.74) is 6.29. The van der Waals surface area contributed by atoms with Crippen LogP contribution in [-0.2, 0) is 19.4 Å². The van der Waals surface area contributed by atoms with Crippen molar-refractivity contribution in [2.24, 2.45) is 0 Å². The molecule has 2 aliphatic rings. The van der Waals surface area contributed by atoms with Crippen molar-refractivity contribution < 1.29 is 19.3 Å². The van der Waals surface area contributed by atoms with Crippen LogP contribution < -0.4 is 19.1 Å². The molecule has 1 aliphatic heterocycles. The fraction of sp³-hybridized carbons (Fsp3) is 0.471. The number of phenolic OH excluding ortho intramolecular Hbond substituents is 1. The number of likely N-dealkylation sites (tertiary alicyclic amines) is 1. The molecule has 0 aromatic heterocycles. The van der Waals surface area contributed by atoms with E-state index in [1.54, 1.807) is 20.3 Å². The molecule has 214 valence electrons. The van der Waals surface area contributed by atoms with Crippen LogP contribution in [0.2, 0.25) is 0 Å². The average Bonchev–Trinajstić information content (AvgIpc) is 3.00. The molecule has 0 radical (unpaired) electrons. The van der Waals surface area contributed by atoms with E-state index in [9.17, 15) is 5.11 Å². The summed E-state index contributed by atoms with van der Waals surface area (Å²) in [6, 6.07) is 18.7. The molecule has 0 amide bonds. The highest BCUT2D eigenvalue weighted by atomic mass is 16.5. The van der Waals surface area contributed by atoms with Crippen LogP contribution >= 0.6 is 0 Å². The Morgan fingerprint density at radius 1 is 0.900 bits per heavy atom. The van der Waals surface area contributed by atoms with Crippen LogP contribution in [0.1, 0.15) is 60.8 Å². The molecule has 5 rings (SSSR count). The minimum absolute atomic E-state index is 0.347. The number of fused-ring (bicyclic) bond motifs is 1. The van der Waals surface area contributed by atoms with E-state index >= 15 is 0 Å². The van der Waals surface area contributed by atoms with Crippen molar-refractivity contribution in [3.8, 4) is 23.0 Å². The van der Waals surface area contributed by atoms with E-state index in [0.29, 0.717) is 11.7 Å². The van der Waals surface area contributed by atoms with E-state index in [2.05, 4.69) is 59.2 Å². The van der Waals surface area contributed by atoms with Crippen molar-refractivity contribution in [2.45, 2.75) is 57.9 Å². The summed E-state index contributed by atoms with van der Waals surface area (Å²) in [7, 11) is 3.40. The largest absolute Gasteiger partial charge is 0.508 e. The van der Waals surface area contributed by atoms with Gasteiger partial charge in [0.05, 0.1) is 14.2 Å². The number of methoxy groups -OCH3 is 2. The number of hydrogen-bond donors (Lipinski definition) is 1. The Morgan fingerprint density at radius 2 is 1.65 bits per heavy atom. The molecule has 3 aromatic rings. The quantitative estimate of drug-likeness (QED) is 0.295. The Labute approximate surface area is 239 Å². The summed E-state index contributed by atoms with van der Waals surface area (Å²) in [6.45, 7) is 8.00. The number of anilines is 1. The molecule has 0 spiro atoms. The Morgan fingerprint density at radius 3 is 2.38 bits per heavy atom. The molecule has 1 unspecified atom stereocenters. The first-order chi connectivity index (χ1) is 19.6. The first-order valence-electron chi connectivity index (χ1n) is 14.8. The van der Waals surface area contributed by atoms with Crippen molar-refractivity contribution >= 4 is 5.69 Å². The number of phenols is 1. The van der Waals surface area contributed by atoms with Gasteiger partial charge in [0.2, 0.25) is 0 Å². The molecule has 1 heterocycles. The van der Waals surface area contributed by atoms with Gasteiger partial charge in [0.1, 0.15) is 18.1 Å². The number of benzene rings is 3. The molecule has 1 N–H and O–H groups in total. The van der Waals surface area contributed by atoms with Crippen molar-refractivity contribution in [3.63, 3.8) is 0 Å². The zero-order valence-corrected chi connectivity index (χ0v) is 24.3. The molecule has 1 atom stereocenters. The summed E-state index contributed by atoms with van der Waals surface area (Å²) in [6.07, 6.45) is 6.90. The van der Waals surface area contributed by atoms with Crippen molar-refractivity contribution in [1.82, 2.24) is 4.90 Å². The smallest absolute Gasteiger partial charge is 0.162 e. The van der Waals surface area contributed by atoms with Gasteiger partial charge in [-0.05, 0) is 111 Å². The third kappa shape index (κ3) is 6.67. The molecular weight excluding hydrogens is 500 g/mol. The van der Waals surface area contributed by atoms with E-state index < -0.39 is 0 Å². The number of hydrogen-bond acceptors (Lipinski definition) is 6. The fourth-order valence-corrected chi connectivity index (χ4v) is 6.25. The van der Waals surface area contributed by atoms with Crippen LogP contribution in [0.15, 0.2) is 54.6 Å². The first kappa shape index (κ1) is 28.2. The molecule has 40 heavy (non-hydrogen) atoms. The zero-order valence-electron chi connectivity index (χ0n) is 24.3. The summed E-state index contributed by atoms with van der Waals surface area (Å²) in [5, 5.41) is 9.95. The first-order valence-corrected chi connectivity index (χ1v) is 14.8. The number of piperidine rings is 1. The second kappa shape index (κ2) is 13.3. The van der Waals surface area contributed by atoms with Crippen LogP contribution in [0, 0.1) is 0 Å². The monoisotopic (exact) mass is 544 g/mol. The summed E-state index contributed by atoms with van der Waals surface area (Å²) >= 11 is 0. The molecule has 0 saturated carbocycles. The van der Waals surface area contributed by atoms with Crippen LogP contribution in [-0.4, -0.2) is 57.0 Å². The van der Waals surface area contributed by atoms with E-state index in [1.807, 2.05) is 6.07 Å². The van der Waals surface area contributed by atoms with Gasteiger partial charge in [-0.1, -0.05) is 24.6 Å². The van der Waals surface area contributed by atoms with Crippen molar-refractivity contribution in [1.29, 1.82) is 0 Å². The summed E-state index contributed by atoms with van der Waals surface area (Å²) in [5.74, 6) is 3.15. The van der Waals surface area contributed by atoms with E-state index in [0.717, 1.165) is 62.8 Å². The van der Waals surface area contributed by atoms with E-state index in [-0.39, 0.29) is 0 Å². The van der Waals surface area contributed by atoms with Gasteiger partial charge in [0.15, 0.2) is 11.5 Å².